The molecule has 0 N–H and O–H groups in total. The third-order valence-electron chi connectivity index (χ3n) is 3.67. The van der Waals surface area contributed by atoms with Gasteiger partial charge in [-0.2, -0.15) is 0 Å². The Morgan fingerprint density at radius 3 is 2.65 bits per heavy atom. The number of nitrogens with zero attached hydrogens (tertiary/aromatic N) is 5. The maximum absolute atomic E-state index is 12.6. The van der Waals surface area contributed by atoms with Crippen LogP contribution in [-0.4, -0.2) is 39.0 Å². The quantitative estimate of drug-likeness (QED) is 0.677. The molecule has 0 radical (unpaired) electrons. The zero-order chi connectivity index (χ0) is 16.2. The van der Waals surface area contributed by atoms with Gasteiger partial charge in [0, 0.05) is 24.7 Å². The van der Waals surface area contributed by atoms with Crippen molar-refractivity contribution in [2.45, 2.75) is 19.5 Å². The first kappa shape index (κ1) is 15.0. The van der Waals surface area contributed by atoms with E-state index in [4.69, 9.17) is 9.47 Å². The van der Waals surface area contributed by atoms with Crippen molar-refractivity contribution in [3.63, 3.8) is 0 Å². The third-order valence-corrected chi connectivity index (χ3v) is 3.67. The fourth-order valence-corrected chi connectivity index (χ4v) is 2.55. The number of ether oxygens (including phenoxy) is 2. The predicted molar refractivity (Wildman–Crippen MR) is 83.7 cm³/mol. The number of pyridine rings is 1. The van der Waals surface area contributed by atoms with Crippen LogP contribution in [-0.2, 0) is 13.1 Å². The summed E-state index contributed by atoms with van der Waals surface area (Å²) in [5.74, 6) is 1.18. The van der Waals surface area contributed by atoms with Crippen molar-refractivity contribution in [1.82, 2.24) is 24.8 Å². The van der Waals surface area contributed by atoms with Crippen LogP contribution in [0.2, 0.25) is 0 Å². The normalized spacial score (nSPS) is 10.9. The van der Waals surface area contributed by atoms with Gasteiger partial charge in [0.05, 0.1) is 19.6 Å². The van der Waals surface area contributed by atoms with Crippen LogP contribution in [0, 0.1) is 0 Å². The first-order valence-corrected chi connectivity index (χ1v) is 7.19. The second kappa shape index (κ2) is 6.47. The number of fused-ring (bicyclic) bond motifs is 1. The van der Waals surface area contributed by atoms with Crippen LogP contribution in [0.3, 0.4) is 0 Å². The fraction of sp³-hybridized carbons (Fsp3) is 0.333. The predicted octanol–water partition coefficient (Wildman–Crippen LogP) is 1.10. The number of methoxy groups -OCH3 is 2. The van der Waals surface area contributed by atoms with E-state index in [0.717, 1.165) is 11.8 Å². The van der Waals surface area contributed by atoms with E-state index in [0.29, 0.717) is 30.0 Å². The highest BCUT2D eigenvalue weighted by atomic mass is 16.5. The number of aryl methyl sites for hydroxylation is 2. The van der Waals surface area contributed by atoms with E-state index < -0.39 is 0 Å². The minimum Gasteiger partial charge on any atom is -0.493 e. The maximum Gasteiger partial charge on any atom is 0.258 e. The summed E-state index contributed by atoms with van der Waals surface area (Å²) in [7, 11) is 3.14. The largest absolute Gasteiger partial charge is 0.493 e. The fourth-order valence-electron chi connectivity index (χ4n) is 2.55. The van der Waals surface area contributed by atoms with Gasteiger partial charge >= 0.3 is 0 Å². The van der Waals surface area contributed by atoms with Gasteiger partial charge in [-0.3, -0.25) is 4.79 Å². The van der Waals surface area contributed by atoms with Crippen molar-refractivity contribution in [3.05, 3.63) is 41.1 Å². The summed E-state index contributed by atoms with van der Waals surface area (Å²) in [5, 5.41) is 12.3. The highest BCUT2D eigenvalue weighted by Gasteiger charge is 2.12. The van der Waals surface area contributed by atoms with Crippen LogP contribution in [0.5, 0.6) is 11.5 Å². The van der Waals surface area contributed by atoms with E-state index in [1.165, 1.54) is 0 Å². The minimum absolute atomic E-state index is 0.0554. The van der Waals surface area contributed by atoms with Gasteiger partial charge in [-0.25, -0.2) is 4.68 Å². The Kier molecular flexibility index (Phi) is 4.22. The molecular formula is C15H17N5O3. The molecule has 2 heterocycles. The molecule has 0 saturated carbocycles. The molecule has 2 aromatic heterocycles. The van der Waals surface area contributed by atoms with E-state index >= 15 is 0 Å². The molecule has 3 aromatic rings. The molecule has 23 heavy (non-hydrogen) atoms. The second-order valence-corrected chi connectivity index (χ2v) is 5.00. The van der Waals surface area contributed by atoms with E-state index in [2.05, 4.69) is 15.5 Å². The van der Waals surface area contributed by atoms with Crippen molar-refractivity contribution in [2.24, 2.45) is 0 Å². The maximum atomic E-state index is 12.6. The zero-order valence-corrected chi connectivity index (χ0v) is 13.0. The monoisotopic (exact) mass is 315 g/mol. The molecule has 3 rings (SSSR count). The molecule has 0 aliphatic carbocycles. The lowest BCUT2D eigenvalue weighted by Crippen LogP contribution is -2.20. The summed E-state index contributed by atoms with van der Waals surface area (Å²) in [6.45, 7) is 1.24. The SMILES string of the molecule is COc1ccc2c(=O)n(CCCn3cnnn3)ccc2c1OC. The average molecular weight is 315 g/mol. The van der Waals surface area contributed by atoms with Gasteiger partial charge in [0.2, 0.25) is 0 Å². The molecule has 0 bridgehead atoms. The molecule has 120 valence electrons. The summed E-state index contributed by atoms with van der Waals surface area (Å²) in [6, 6.07) is 5.37. The molecule has 1 aromatic carbocycles. The molecule has 0 spiro atoms. The third kappa shape index (κ3) is 2.87. The Bertz CT molecular complexity index is 857. The first-order valence-electron chi connectivity index (χ1n) is 7.19. The molecule has 0 aliphatic rings. The van der Waals surface area contributed by atoms with Crippen LogP contribution in [0.4, 0.5) is 0 Å². The van der Waals surface area contributed by atoms with Gasteiger partial charge in [-0.1, -0.05) is 0 Å². The molecule has 0 atom stereocenters. The zero-order valence-electron chi connectivity index (χ0n) is 13.0. The minimum atomic E-state index is -0.0554. The van der Waals surface area contributed by atoms with Gasteiger partial charge in [-0.05, 0) is 35.0 Å². The highest BCUT2D eigenvalue weighted by molar-refractivity contribution is 5.90. The lowest BCUT2D eigenvalue weighted by Gasteiger charge is -2.12. The van der Waals surface area contributed by atoms with E-state index in [1.54, 1.807) is 48.1 Å². The van der Waals surface area contributed by atoms with Gasteiger partial charge < -0.3 is 14.0 Å². The molecule has 0 amide bonds. The van der Waals surface area contributed by atoms with E-state index in [1.807, 2.05) is 6.07 Å². The van der Waals surface area contributed by atoms with Crippen molar-refractivity contribution >= 4 is 10.8 Å². The molecule has 0 fully saturated rings. The Morgan fingerprint density at radius 2 is 1.96 bits per heavy atom. The van der Waals surface area contributed by atoms with Crippen molar-refractivity contribution in [2.75, 3.05) is 14.2 Å². The summed E-state index contributed by atoms with van der Waals surface area (Å²) < 4.78 is 14.0. The van der Waals surface area contributed by atoms with Gasteiger partial charge in [0.15, 0.2) is 11.5 Å². The lowest BCUT2D eigenvalue weighted by atomic mass is 10.1. The summed E-state index contributed by atoms with van der Waals surface area (Å²) in [5.41, 5.74) is -0.0554. The van der Waals surface area contributed by atoms with Crippen LogP contribution < -0.4 is 15.0 Å². The molecule has 0 saturated heterocycles. The smallest absolute Gasteiger partial charge is 0.258 e. The first-order chi connectivity index (χ1) is 11.2. The van der Waals surface area contributed by atoms with Crippen molar-refractivity contribution < 1.29 is 9.47 Å². The Balaban J connectivity index is 1.88. The van der Waals surface area contributed by atoms with Crippen LogP contribution in [0.15, 0.2) is 35.5 Å². The number of hydrogen-bond donors (Lipinski definition) is 0. The molecule has 0 unspecified atom stereocenters. The Morgan fingerprint density at radius 1 is 1.09 bits per heavy atom. The molecule has 0 aliphatic heterocycles. The molecule has 8 heteroatoms. The van der Waals surface area contributed by atoms with Crippen molar-refractivity contribution in [1.29, 1.82) is 0 Å². The summed E-state index contributed by atoms with van der Waals surface area (Å²) in [4.78, 5) is 12.6. The van der Waals surface area contributed by atoms with Crippen molar-refractivity contribution in [3.8, 4) is 11.5 Å². The number of hydrogen-bond acceptors (Lipinski definition) is 6. The Labute approximate surface area is 132 Å². The summed E-state index contributed by atoms with van der Waals surface area (Å²) >= 11 is 0. The van der Waals surface area contributed by atoms with Crippen LogP contribution in [0.25, 0.3) is 10.8 Å². The van der Waals surface area contributed by atoms with Crippen LogP contribution in [0.1, 0.15) is 6.42 Å². The second-order valence-electron chi connectivity index (χ2n) is 5.00. The number of rotatable bonds is 6. The molecular weight excluding hydrogens is 298 g/mol. The number of benzene rings is 1. The summed E-state index contributed by atoms with van der Waals surface area (Å²) in [6.07, 6.45) is 4.08. The van der Waals surface area contributed by atoms with E-state index in [-0.39, 0.29) is 5.56 Å². The van der Waals surface area contributed by atoms with Gasteiger partial charge in [-0.15, -0.1) is 5.10 Å². The van der Waals surface area contributed by atoms with Gasteiger partial charge in [0.25, 0.3) is 5.56 Å². The topological polar surface area (TPSA) is 84.1 Å². The van der Waals surface area contributed by atoms with Crippen LogP contribution >= 0.6 is 0 Å². The standard InChI is InChI=1S/C15H17N5O3/c1-22-13-5-4-12-11(14(13)23-2)6-9-19(15(12)21)7-3-8-20-10-16-17-18-20/h4-6,9-10H,3,7-8H2,1-2H3. The lowest BCUT2D eigenvalue weighted by molar-refractivity contribution is 0.358. The van der Waals surface area contributed by atoms with E-state index in [9.17, 15) is 4.79 Å². The molecule has 8 nitrogen and oxygen atoms in total. The Hall–Kier alpha value is -2.90. The number of aromatic nitrogens is 5. The highest BCUT2D eigenvalue weighted by Crippen LogP contribution is 2.33. The average Bonchev–Trinajstić information content (AvgIpc) is 3.09. The number of tetrazole rings is 1. The van der Waals surface area contributed by atoms with Gasteiger partial charge in [0.1, 0.15) is 6.33 Å².